The molecule has 0 fully saturated rings. The molecule has 0 aromatic carbocycles. The third-order valence-electron chi connectivity index (χ3n) is 1.93. The molecule has 82 valence electrons. The first kappa shape index (κ1) is 13.5. The van der Waals surface area contributed by atoms with E-state index in [-0.39, 0.29) is 12.4 Å². The molecule has 0 saturated heterocycles. The van der Waals surface area contributed by atoms with Crippen molar-refractivity contribution >= 4 is 12.4 Å². The topological polar surface area (TPSA) is 29.9 Å². The van der Waals surface area contributed by atoms with Gasteiger partial charge in [0.15, 0.2) is 0 Å². The summed E-state index contributed by atoms with van der Waals surface area (Å²) in [6, 6.07) is 2.53. The molecule has 3 nitrogen and oxygen atoms in total. The Labute approximate surface area is 92.3 Å². The summed E-state index contributed by atoms with van der Waals surface area (Å²) in [5.41, 5.74) is 1.13. The Balaban J connectivity index is 0.00000169. The molecule has 1 aromatic heterocycles. The Morgan fingerprint density at radius 3 is 2.71 bits per heavy atom. The standard InChI is InChI=1S/C10H19N3.ClH/c1-4-6-11-8-10-5-7-13(12-10)9(2)3;/h5,7,9,11H,4,6,8H2,1-3H3;1H. The van der Waals surface area contributed by atoms with E-state index in [4.69, 9.17) is 0 Å². The monoisotopic (exact) mass is 217 g/mol. The van der Waals surface area contributed by atoms with Crippen LogP contribution in [0.1, 0.15) is 38.9 Å². The van der Waals surface area contributed by atoms with Crippen molar-refractivity contribution in [3.8, 4) is 0 Å². The molecule has 14 heavy (non-hydrogen) atoms. The van der Waals surface area contributed by atoms with E-state index < -0.39 is 0 Å². The molecule has 0 amide bonds. The molecule has 0 aliphatic heterocycles. The number of halogens is 1. The molecular weight excluding hydrogens is 198 g/mol. The minimum atomic E-state index is 0. The zero-order valence-corrected chi connectivity index (χ0v) is 9.97. The summed E-state index contributed by atoms with van der Waals surface area (Å²) in [4.78, 5) is 0. The summed E-state index contributed by atoms with van der Waals surface area (Å²) in [7, 11) is 0. The van der Waals surface area contributed by atoms with Gasteiger partial charge in [-0.2, -0.15) is 5.10 Å². The van der Waals surface area contributed by atoms with Gasteiger partial charge in [0.1, 0.15) is 0 Å². The molecule has 1 N–H and O–H groups in total. The van der Waals surface area contributed by atoms with Crippen LogP contribution in [0.3, 0.4) is 0 Å². The van der Waals surface area contributed by atoms with Gasteiger partial charge in [-0.25, -0.2) is 0 Å². The second-order valence-electron chi connectivity index (χ2n) is 3.56. The lowest BCUT2D eigenvalue weighted by atomic mass is 10.4. The summed E-state index contributed by atoms with van der Waals surface area (Å²) in [6.45, 7) is 8.38. The van der Waals surface area contributed by atoms with Gasteiger partial charge < -0.3 is 5.32 Å². The van der Waals surface area contributed by atoms with Crippen LogP contribution in [0.15, 0.2) is 12.3 Å². The zero-order chi connectivity index (χ0) is 9.68. The van der Waals surface area contributed by atoms with Gasteiger partial charge in [0.25, 0.3) is 0 Å². The van der Waals surface area contributed by atoms with Crippen molar-refractivity contribution in [3.05, 3.63) is 18.0 Å². The third-order valence-corrected chi connectivity index (χ3v) is 1.93. The molecule has 1 heterocycles. The molecule has 0 aliphatic rings. The second-order valence-corrected chi connectivity index (χ2v) is 3.56. The minimum Gasteiger partial charge on any atom is -0.311 e. The lowest BCUT2D eigenvalue weighted by Gasteiger charge is -2.04. The van der Waals surface area contributed by atoms with E-state index in [1.165, 1.54) is 6.42 Å². The van der Waals surface area contributed by atoms with Crippen molar-refractivity contribution in [2.75, 3.05) is 6.54 Å². The molecule has 0 bridgehead atoms. The molecule has 0 atom stereocenters. The Kier molecular flexibility index (Phi) is 6.58. The quantitative estimate of drug-likeness (QED) is 0.768. The van der Waals surface area contributed by atoms with Crippen molar-refractivity contribution < 1.29 is 0 Å². The molecule has 0 saturated carbocycles. The van der Waals surface area contributed by atoms with Gasteiger partial charge in [0.05, 0.1) is 5.69 Å². The molecule has 1 rings (SSSR count). The lowest BCUT2D eigenvalue weighted by Crippen LogP contribution is -2.14. The predicted molar refractivity (Wildman–Crippen MR) is 61.9 cm³/mol. The summed E-state index contributed by atoms with van der Waals surface area (Å²) in [6.07, 6.45) is 3.21. The molecule has 0 unspecified atom stereocenters. The molecular formula is C10H20ClN3. The van der Waals surface area contributed by atoms with E-state index in [0.29, 0.717) is 6.04 Å². The van der Waals surface area contributed by atoms with E-state index in [2.05, 4.69) is 37.3 Å². The fourth-order valence-electron chi connectivity index (χ4n) is 1.15. The SMILES string of the molecule is CCCNCc1ccn(C(C)C)n1.Cl. The first-order valence-corrected chi connectivity index (χ1v) is 4.98. The summed E-state index contributed by atoms with van der Waals surface area (Å²) in [5.74, 6) is 0. The van der Waals surface area contributed by atoms with Gasteiger partial charge in [-0.05, 0) is 32.9 Å². The highest BCUT2D eigenvalue weighted by Crippen LogP contribution is 2.03. The van der Waals surface area contributed by atoms with E-state index in [1.54, 1.807) is 0 Å². The molecule has 1 aromatic rings. The Morgan fingerprint density at radius 2 is 2.21 bits per heavy atom. The third kappa shape index (κ3) is 4.11. The minimum absolute atomic E-state index is 0. The van der Waals surface area contributed by atoms with Crippen LogP contribution in [0.25, 0.3) is 0 Å². The van der Waals surface area contributed by atoms with Crippen molar-refractivity contribution in [3.63, 3.8) is 0 Å². The van der Waals surface area contributed by atoms with Crippen LogP contribution < -0.4 is 5.32 Å². The smallest absolute Gasteiger partial charge is 0.0762 e. The van der Waals surface area contributed by atoms with Crippen LogP contribution in [-0.2, 0) is 6.54 Å². The summed E-state index contributed by atoms with van der Waals surface area (Å²) < 4.78 is 1.99. The number of aromatic nitrogens is 2. The van der Waals surface area contributed by atoms with Gasteiger partial charge >= 0.3 is 0 Å². The zero-order valence-electron chi connectivity index (χ0n) is 9.16. The van der Waals surface area contributed by atoms with Crippen LogP contribution in [0.4, 0.5) is 0 Å². The Hall–Kier alpha value is -0.540. The maximum atomic E-state index is 4.44. The average molecular weight is 218 g/mol. The van der Waals surface area contributed by atoms with Crippen LogP contribution in [0.2, 0.25) is 0 Å². The molecule has 0 spiro atoms. The lowest BCUT2D eigenvalue weighted by molar-refractivity contribution is 0.521. The predicted octanol–water partition coefficient (Wildman–Crippen LogP) is 2.39. The molecule has 0 aliphatic carbocycles. The van der Waals surface area contributed by atoms with Crippen LogP contribution in [-0.4, -0.2) is 16.3 Å². The first-order chi connectivity index (χ1) is 6.24. The first-order valence-electron chi connectivity index (χ1n) is 4.98. The van der Waals surface area contributed by atoms with Crippen molar-refractivity contribution in [1.29, 1.82) is 0 Å². The van der Waals surface area contributed by atoms with Crippen molar-refractivity contribution in [2.45, 2.75) is 39.8 Å². The van der Waals surface area contributed by atoms with Crippen LogP contribution in [0.5, 0.6) is 0 Å². The normalized spacial score (nSPS) is 10.3. The van der Waals surface area contributed by atoms with E-state index in [9.17, 15) is 0 Å². The van der Waals surface area contributed by atoms with E-state index in [0.717, 1.165) is 18.8 Å². The van der Waals surface area contributed by atoms with Crippen LogP contribution in [0, 0.1) is 0 Å². The second kappa shape index (κ2) is 6.85. The fraction of sp³-hybridized carbons (Fsp3) is 0.700. The highest BCUT2D eigenvalue weighted by Gasteiger charge is 2.00. The number of hydrogen-bond acceptors (Lipinski definition) is 2. The fourth-order valence-corrected chi connectivity index (χ4v) is 1.15. The summed E-state index contributed by atoms with van der Waals surface area (Å²) in [5, 5.41) is 7.76. The molecule has 4 heteroatoms. The van der Waals surface area contributed by atoms with Crippen molar-refractivity contribution in [1.82, 2.24) is 15.1 Å². The average Bonchev–Trinajstić information content (AvgIpc) is 2.53. The van der Waals surface area contributed by atoms with Gasteiger partial charge in [-0.15, -0.1) is 12.4 Å². The Bertz CT molecular complexity index is 245. The van der Waals surface area contributed by atoms with Gasteiger partial charge in [0.2, 0.25) is 0 Å². The van der Waals surface area contributed by atoms with Gasteiger partial charge in [-0.1, -0.05) is 6.92 Å². The largest absolute Gasteiger partial charge is 0.311 e. The number of nitrogens with zero attached hydrogens (tertiary/aromatic N) is 2. The Morgan fingerprint density at radius 1 is 1.50 bits per heavy atom. The molecule has 0 radical (unpaired) electrons. The number of rotatable bonds is 5. The van der Waals surface area contributed by atoms with E-state index in [1.807, 2.05) is 10.9 Å². The van der Waals surface area contributed by atoms with Crippen LogP contribution >= 0.6 is 12.4 Å². The maximum Gasteiger partial charge on any atom is 0.0762 e. The van der Waals surface area contributed by atoms with Gasteiger partial charge in [0, 0.05) is 18.8 Å². The highest BCUT2D eigenvalue weighted by atomic mass is 35.5. The number of nitrogens with one attached hydrogen (secondary N) is 1. The van der Waals surface area contributed by atoms with E-state index >= 15 is 0 Å². The van der Waals surface area contributed by atoms with Gasteiger partial charge in [-0.3, -0.25) is 4.68 Å². The van der Waals surface area contributed by atoms with Crippen molar-refractivity contribution in [2.24, 2.45) is 0 Å². The maximum absolute atomic E-state index is 4.44. The summed E-state index contributed by atoms with van der Waals surface area (Å²) >= 11 is 0. The number of hydrogen-bond donors (Lipinski definition) is 1. The highest BCUT2D eigenvalue weighted by molar-refractivity contribution is 5.85.